The molecule has 1 aliphatic carbocycles. The van der Waals surface area contributed by atoms with E-state index in [1.807, 2.05) is 6.92 Å². The van der Waals surface area contributed by atoms with Gasteiger partial charge in [0, 0.05) is 18.9 Å². The Labute approximate surface area is 136 Å². The highest BCUT2D eigenvalue weighted by Crippen LogP contribution is 2.55. The Hall–Kier alpha value is -1.42. The zero-order valence-electron chi connectivity index (χ0n) is 13.6. The van der Waals surface area contributed by atoms with Crippen LogP contribution in [0.1, 0.15) is 44.1 Å². The zero-order valence-corrected chi connectivity index (χ0v) is 13.6. The summed E-state index contributed by atoms with van der Waals surface area (Å²) >= 11 is 0. The summed E-state index contributed by atoms with van der Waals surface area (Å²) in [5.41, 5.74) is 1.37. The van der Waals surface area contributed by atoms with Crippen LogP contribution < -0.4 is 0 Å². The van der Waals surface area contributed by atoms with E-state index in [0.29, 0.717) is 24.4 Å². The molecule has 1 saturated carbocycles. The second kappa shape index (κ2) is 5.59. The van der Waals surface area contributed by atoms with Crippen molar-refractivity contribution < 1.29 is 13.9 Å². The fourth-order valence-corrected chi connectivity index (χ4v) is 4.73. The molecule has 3 atom stereocenters. The van der Waals surface area contributed by atoms with Crippen molar-refractivity contribution in [2.75, 3.05) is 19.8 Å². The van der Waals surface area contributed by atoms with E-state index in [2.05, 4.69) is 4.90 Å². The first-order chi connectivity index (χ1) is 11.1. The Morgan fingerprint density at radius 2 is 2.09 bits per heavy atom. The molecule has 0 bridgehead atoms. The minimum atomic E-state index is -0.232. The van der Waals surface area contributed by atoms with Crippen LogP contribution in [0.25, 0.3) is 0 Å². The lowest BCUT2D eigenvalue weighted by Gasteiger charge is -2.42. The molecular weight excluding hydrogens is 293 g/mol. The summed E-state index contributed by atoms with van der Waals surface area (Å²) < 4.78 is 18.7. The summed E-state index contributed by atoms with van der Waals surface area (Å²) in [6.07, 6.45) is 4.27. The number of hydrogen-bond acceptors (Lipinski definition) is 2. The van der Waals surface area contributed by atoms with Crippen LogP contribution in [-0.2, 0) is 9.53 Å². The average molecular weight is 317 g/mol. The van der Waals surface area contributed by atoms with Gasteiger partial charge < -0.3 is 9.64 Å². The summed E-state index contributed by atoms with van der Waals surface area (Å²) in [5.74, 6) is 0.652. The van der Waals surface area contributed by atoms with Crippen LogP contribution in [0.4, 0.5) is 4.39 Å². The molecule has 4 rings (SSSR count). The molecule has 0 radical (unpaired) electrons. The molecule has 2 heterocycles. The molecule has 23 heavy (non-hydrogen) atoms. The molecule has 3 fully saturated rings. The lowest BCUT2D eigenvalue weighted by Crippen LogP contribution is -2.40. The second-order valence-electron chi connectivity index (χ2n) is 7.61. The fraction of sp³-hybridized carbons (Fsp3) is 0.632. The van der Waals surface area contributed by atoms with E-state index < -0.39 is 0 Å². The third-order valence-electron chi connectivity index (χ3n) is 6.31. The number of nitrogens with zero attached hydrogens (tertiary/aromatic N) is 1. The topological polar surface area (TPSA) is 29.5 Å². The lowest BCUT2D eigenvalue weighted by molar-refractivity contribution is -0.133. The summed E-state index contributed by atoms with van der Waals surface area (Å²) in [7, 11) is 0. The smallest absolute Gasteiger partial charge is 0.223 e. The minimum absolute atomic E-state index is 0.113. The Kier molecular flexibility index (Phi) is 3.67. The summed E-state index contributed by atoms with van der Waals surface area (Å²) in [6, 6.07) is 6.79. The summed E-state index contributed by atoms with van der Waals surface area (Å²) in [5, 5.41) is 0. The number of carbonyl (C=O) groups is 1. The fourth-order valence-electron chi connectivity index (χ4n) is 4.73. The predicted octanol–water partition coefficient (Wildman–Crippen LogP) is 3.35. The van der Waals surface area contributed by atoms with E-state index in [1.54, 1.807) is 12.1 Å². The minimum Gasteiger partial charge on any atom is -0.379 e. The third-order valence-corrected chi connectivity index (χ3v) is 6.31. The summed E-state index contributed by atoms with van der Waals surface area (Å²) in [6.45, 7) is 4.48. The normalized spacial score (nSPS) is 29.4. The van der Waals surface area contributed by atoms with E-state index in [-0.39, 0.29) is 23.7 Å². The largest absolute Gasteiger partial charge is 0.379 e. The van der Waals surface area contributed by atoms with Crippen LogP contribution in [0.5, 0.6) is 0 Å². The highest BCUT2D eigenvalue weighted by Gasteiger charge is 2.58. The molecule has 1 aromatic carbocycles. The van der Waals surface area contributed by atoms with Gasteiger partial charge in [-0.3, -0.25) is 4.79 Å². The van der Waals surface area contributed by atoms with Gasteiger partial charge in [-0.25, -0.2) is 4.39 Å². The molecule has 0 aromatic heterocycles. The van der Waals surface area contributed by atoms with Crippen molar-refractivity contribution in [3.05, 3.63) is 35.6 Å². The van der Waals surface area contributed by atoms with Crippen LogP contribution in [-0.4, -0.2) is 36.6 Å². The number of ether oxygens (including phenoxy) is 1. The number of hydrogen-bond donors (Lipinski definition) is 0. The zero-order chi connectivity index (χ0) is 16.0. The molecule has 0 N–H and O–H groups in total. The molecule has 0 unspecified atom stereocenters. The van der Waals surface area contributed by atoms with Crippen LogP contribution in [0.2, 0.25) is 0 Å². The monoisotopic (exact) mass is 317 g/mol. The van der Waals surface area contributed by atoms with Gasteiger partial charge in [-0.2, -0.15) is 0 Å². The summed E-state index contributed by atoms with van der Waals surface area (Å²) in [4.78, 5) is 15.0. The van der Waals surface area contributed by atoms with Gasteiger partial charge in [0.1, 0.15) is 5.82 Å². The number of rotatable bonds is 3. The van der Waals surface area contributed by atoms with Crippen molar-refractivity contribution in [1.29, 1.82) is 0 Å². The standard InChI is InChI=1S/C19H24FNO2/c1-13(14-3-5-15(20)6-4-14)9-18(22)21-12-19(7-2-8-19)16-10-23-11-17(16)21/h3-6,13,16-17H,2,7-12H2,1H3/t13-,16-,17+/m1/s1. The quantitative estimate of drug-likeness (QED) is 0.855. The van der Waals surface area contributed by atoms with Gasteiger partial charge >= 0.3 is 0 Å². The number of benzene rings is 1. The van der Waals surface area contributed by atoms with Crippen molar-refractivity contribution >= 4 is 5.91 Å². The molecule has 124 valence electrons. The molecular formula is C19H24FNO2. The van der Waals surface area contributed by atoms with Crippen molar-refractivity contribution in [2.45, 2.75) is 44.6 Å². The van der Waals surface area contributed by atoms with Crippen molar-refractivity contribution in [3.8, 4) is 0 Å². The third kappa shape index (κ3) is 2.47. The molecule has 2 aliphatic heterocycles. The van der Waals surface area contributed by atoms with E-state index >= 15 is 0 Å². The number of fused-ring (bicyclic) bond motifs is 2. The van der Waals surface area contributed by atoms with Crippen molar-refractivity contribution in [1.82, 2.24) is 4.90 Å². The van der Waals surface area contributed by atoms with Crippen molar-refractivity contribution in [2.24, 2.45) is 11.3 Å². The average Bonchev–Trinajstić information content (AvgIpc) is 3.07. The van der Waals surface area contributed by atoms with Gasteiger partial charge in [0.05, 0.1) is 19.3 Å². The van der Waals surface area contributed by atoms with Gasteiger partial charge in [-0.15, -0.1) is 0 Å². The van der Waals surface area contributed by atoms with E-state index in [4.69, 9.17) is 4.74 Å². The van der Waals surface area contributed by atoms with Gasteiger partial charge in [0.2, 0.25) is 5.91 Å². The van der Waals surface area contributed by atoms with Crippen LogP contribution in [0.15, 0.2) is 24.3 Å². The van der Waals surface area contributed by atoms with E-state index in [0.717, 1.165) is 18.7 Å². The number of amides is 1. The molecule has 4 heteroatoms. The maximum absolute atomic E-state index is 13.0. The Balaban J connectivity index is 1.45. The number of likely N-dealkylation sites (tertiary alicyclic amines) is 1. The first-order valence-electron chi connectivity index (χ1n) is 8.72. The highest BCUT2D eigenvalue weighted by atomic mass is 19.1. The molecule has 3 aliphatic rings. The molecule has 3 nitrogen and oxygen atoms in total. The molecule has 1 aromatic rings. The molecule has 2 saturated heterocycles. The van der Waals surface area contributed by atoms with Gasteiger partial charge in [-0.05, 0) is 41.9 Å². The van der Waals surface area contributed by atoms with Crippen LogP contribution in [0.3, 0.4) is 0 Å². The van der Waals surface area contributed by atoms with Gasteiger partial charge in [-0.1, -0.05) is 25.5 Å². The second-order valence-corrected chi connectivity index (χ2v) is 7.61. The number of carbonyl (C=O) groups excluding carboxylic acids is 1. The lowest BCUT2D eigenvalue weighted by atomic mass is 9.62. The molecule has 1 amide bonds. The Morgan fingerprint density at radius 3 is 2.74 bits per heavy atom. The maximum atomic E-state index is 13.0. The van der Waals surface area contributed by atoms with Gasteiger partial charge in [0.25, 0.3) is 0 Å². The Morgan fingerprint density at radius 1 is 1.35 bits per heavy atom. The van der Waals surface area contributed by atoms with Gasteiger partial charge in [0.15, 0.2) is 0 Å². The van der Waals surface area contributed by atoms with Crippen molar-refractivity contribution in [3.63, 3.8) is 0 Å². The number of halogens is 1. The van der Waals surface area contributed by atoms with Crippen LogP contribution in [0, 0.1) is 17.2 Å². The molecule has 1 spiro atoms. The van der Waals surface area contributed by atoms with E-state index in [9.17, 15) is 9.18 Å². The van der Waals surface area contributed by atoms with Crippen LogP contribution >= 0.6 is 0 Å². The first kappa shape index (κ1) is 15.1. The predicted molar refractivity (Wildman–Crippen MR) is 85.5 cm³/mol. The SMILES string of the molecule is C[C@H](CC(=O)N1CC2(CCC2)[C@@H]2COC[C@@H]21)c1ccc(F)cc1. The first-order valence-corrected chi connectivity index (χ1v) is 8.72. The Bertz CT molecular complexity index is 596. The highest BCUT2D eigenvalue weighted by molar-refractivity contribution is 5.78. The maximum Gasteiger partial charge on any atom is 0.223 e. The van der Waals surface area contributed by atoms with E-state index in [1.165, 1.54) is 31.4 Å².